The smallest absolute Gasteiger partial charge is 0.239 e. The maximum atomic E-state index is 14.2. The van der Waals surface area contributed by atoms with Crippen LogP contribution in [0.4, 0.5) is 0 Å². The van der Waals surface area contributed by atoms with Crippen molar-refractivity contribution in [1.29, 1.82) is 0 Å². The minimum atomic E-state index is -2.02. The molecular weight excluding hydrogens is 728 g/mol. The van der Waals surface area contributed by atoms with E-state index < -0.39 is 127 Å². The van der Waals surface area contributed by atoms with Crippen LogP contribution in [0, 0.1) is 0 Å². The zero-order valence-electron chi connectivity index (χ0n) is 28.8. The van der Waals surface area contributed by atoms with Gasteiger partial charge in [0.15, 0.2) is 35.9 Å². The first-order chi connectivity index (χ1) is 25.5. The van der Waals surface area contributed by atoms with E-state index in [2.05, 4.69) is 0 Å². The summed E-state index contributed by atoms with van der Waals surface area (Å²) < 4.78 is 45.6. The molecule has 3 aliphatic heterocycles. The van der Waals surface area contributed by atoms with Gasteiger partial charge in [-0.3, -0.25) is 4.79 Å². The average Bonchev–Trinajstić information content (AvgIpc) is 3.13. The van der Waals surface area contributed by atoms with Crippen LogP contribution < -0.4 is 14.9 Å². The lowest BCUT2D eigenvalue weighted by Gasteiger charge is -2.46. The number of aliphatic hydroxyl groups is 8. The van der Waals surface area contributed by atoms with E-state index in [0.29, 0.717) is 0 Å². The zero-order chi connectivity index (χ0) is 39.3. The lowest BCUT2D eigenvalue weighted by atomic mass is 9.97. The van der Waals surface area contributed by atoms with E-state index in [1.807, 2.05) is 0 Å². The number of rotatable bonds is 9. The van der Waals surface area contributed by atoms with Crippen LogP contribution in [0.1, 0.15) is 13.8 Å². The third-order valence-electron chi connectivity index (χ3n) is 9.57. The molecular formula is C34H42O20. The van der Waals surface area contributed by atoms with Crippen LogP contribution in [0.5, 0.6) is 28.7 Å². The van der Waals surface area contributed by atoms with Gasteiger partial charge in [0, 0.05) is 17.7 Å². The van der Waals surface area contributed by atoms with Gasteiger partial charge in [0.2, 0.25) is 17.5 Å². The summed E-state index contributed by atoms with van der Waals surface area (Å²) in [5, 5.41) is 115. The maximum Gasteiger partial charge on any atom is 0.239 e. The summed E-state index contributed by atoms with van der Waals surface area (Å²) in [5.41, 5.74) is -1.31. The monoisotopic (exact) mass is 770 g/mol. The second kappa shape index (κ2) is 15.7. The lowest BCUT2D eigenvalue weighted by molar-refractivity contribution is -0.360. The molecule has 11 N–H and O–H groups in total. The largest absolute Gasteiger partial charge is 0.508 e. The Balaban J connectivity index is 1.41. The number of methoxy groups -OCH3 is 1. The van der Waals surface area contributed by atoms with Gasteiger partial charge in [-0.05, 0) is 32.0 Å². The first kappa shape index (κ1) is 39.8. The molecule has 3 aliphatic rings. The number of phenolic OH excluding ortho intramolecular Hbond substituents is 3. The van der Waals surface area contributed by atoms with Gasteiger partial charge in [-0.15, -0.1) is 0 Å². The molecule has 3 fully saturated rings. The molecule has 20 nitrogen and oxygen atoms in total. The Kier molecular flexibility index (Phi) is 11.6. The molecule has 298 valence electrons. The highest BCUT2D eigenvalue weighted by atomic mass is 16.8. The predicted molar refractivity (Wildman–Crippen MR) is 176 cm³/mol. The van der Waals surface area contributed by atoms with Crippen molar-refractivity contribution in [3.8, 4) is 40.1 Å². The molecule has 54 heavy (non-hydrogen) atoms. The molecule has 0 bridgehead atoms. The van der Waals surface area contributed by atoms with Crippen LogP contribution in [0.15, 0.2) is 39.5 Å². The maximum absolute atomic E-state index is 14.2. The minimum Gasteiger partial charge on any atom is -0.508 e. The van der Waals surface area contributed by atoms with Gasteiger partial charge < -0.3 is 93.7 Å². The zero-order valence-corrected chi connectivity index (χ0v) is 28.8. The van der Waals surface area contributed by atoms with E-state index in [1.165, 1.54) is 39.2 Å². The van der Waals surface area contributed by atoms with Crippen LogP contribution in [0.25, 0.3) is 22.3 Å². The second-order valence-corrected chi connectivity index (χ2v) is 13.3. The molecule has 6 rings (SSSR count). The predicted octanol–water partition coefficient (Wildman–Crippen LogP) is -2.53. The number of ether oxygens (including phenoxy) is 7. The van der Waals surface area contributed by atoms with Crippen LogP contribution >= 0.6 is 0 Å². The first-order valence-corrected chi connectivity index (χ1v) is 16.8. The van der Waals surface area contributed by atoms with E-state index in [1.54, 1.807) is 0 Å². The topological polar surface area (TPSA) is 317 Å². The van der Waals surface area contributed by atoms with Crippen molar-refractivity contribution < 1.29 is 93.7 Å². The number of phenols is 3. The van der Waals surface area contributed by atoms with Crippen LogP contribution in [-0.2, 0) is 23.7 Å². The molecule has 0 spiro atoms. The molecule has 1 aromatic heterocycles. The summed E-state index contributed by atoms with van der Waals surface area (Å²) >= 11 is 0. The molecule has 0 aliphatic carbocycles. The number of aliphatic hydroxyl groups excluding tert-OH is 8. The highest BCUT2D eigenvalue weighted by Gasteiger charge is 2.52. The SMILES string of the molecule is COc1cc(-c2oc3cc(O)cc(O)c3c(=O)c2O[C@@H]2OC(CO[C@@H]3OC(C)[C@H](O)[C@H](O)C3O)[C@@H](O)C(O)C2O[C@@H]2OC(C)[C@H](O)C(O)[C@@H]2O)ccc1O. The molecule has 4 heterocycles. The van der Waals surface area contributed by atoms with Crippen molar-refractivity contribution in [2.24, 2.45) is 0 Å². The van der Waals surface area contributed by atoms with Crippen molar-refractivity contribution >= 4 is 11.0 Å². The van der Waals surface area contributed by atoms with Crippen molar-refractivity contribution in [2.75, 3.05) is 13.7 Å². The molecule has 0 radical (unpaired) electrons. The second-order valence-electron chi connectivity index (χ2n) is 13.3. The molecule has 3 aromatic rings. The van der Waals surface area contributed by atoms with Crippen LogP contribution in [-0.4, -0.2) is 162 Å². The number of hydrogen-bond donors (Lipinski definition) is 11. The fourth-order valence-electron chi connectivity index (χ4n) is 6.40. The van der Waals surface area contributed by atoms with Gasteiger partial charge in [0.05, 0.1) is 25.9 Å². The highest BCUT2D eigenvalue weighted by molar-refractivity contribution is 5.88. The molecule has 3 saturated heterocycles. The fourth-order valence-corrected chi connectivity index (χ4v) is 6.40. The number of hydrogen-bond acceptors (Lipinski definition) is 20. The summed E-state index contributed by atoms with van der Waals surface area (Å²) in [5.74, 6) is -2.63. The summed E-state index contributed by atoms with van der Waals surface area (Å²) in [6, 6.07) is 5.69. The Morgan fingerprint density at radius 1 is 0.685 bits per heavy atom. The number of fused-ring (bicyclic) bond motifs is 1. The Morgan fingerprint density at radius 3 is 1.96 bits per heavy atom. The summed E-state index contributed by atoms with van der Waals surface area (Å²) in [7, 11) is 1.26. The third kappa shape index (κ3) is 7.41. The van der Waals surface area contributed by atoms with E-state index in [-0.39, 0.29) is 28.4 Å². The molecule has 2 aromatic carbocycles. The van der Waals surface area contributed by atoms with E-state index >= 15 is 0 Å². The van der Waals surface area contributed by atoms with Gasteiger partial charge in [-0.2, -0.15) is 0 Å². The number of benzene rings is 2. The van der Waals surface area contributed by atoms with Gasteiger partial charge in [0.25, 0.3) is 0 Å². The van der Waals surface area contributed by atoms with E-state index in [9.17, 15) is 61.0 Å². The fraction of sp³-hybridized carbons (Fsp3) is 0.559. The standard InChI is InChI=1S/C34H42O20/c1-10-20(38)24(42)27(45)32(49-10)48-9-18-22(40)26(44)31(54-33-28(46)25(43)21(39)11(2)50-33)34(52-18)53-30-23(41)19-15(37)7-13(35)8-17(19)51-29(30)12-4-5-14(36)16(6-12)47-3/h4-8,10-11,18,20-22,24-28,31-40,42-46H,9H2,1-3H3/t10?,11?,18?,20-,21-,22+,24-,25?,26?,27?,28-,31?,32+,33-,34-/m0/s1. The highest BCUT2D eigenvalue weighted by Crippen LogP contribution is 2.40. The summed E-state index contributed by atoms with van der Waals surface area (Å²) in [6.07, 6.45) is -24.9. The van der Waals surface area contributed by atoms with Crippen molar-refractivity contribution in [2.45, 2.75) is 106 Å². The van der Waals surface area contributed by atoms with Crippen molar-refractivity contribution in [3.63, 3.8) is 0 Å². The van der Waals surface area contributed by atoms with Gasteiger partial charge >= 0.3 is 0 Å². The summed E-state index contributed by atoms with van der Waals surface area (Å²) in [4.78, 5) is 14.2. The van der Waals surface area contributed by atoms with E-state index in [4.69, 9.17) is 37.6 Å². The molecule has 7 unspecified atom stereocenters. The Morgan fingerprint density at radius 2 is 1.31 bits per heavy atom. The summed E-state index contributed by atoms with van der Waals surface area (Å²) in [6.45, 7) is 2.09. The van der Waals surface area contributed by atoms with Gasteiger partial charge in [0.1, 0.15) is 77.4 Å². The minimum absolute atomic E-state index is 0.0468. The Bertz CT molecular complexity index is 1850. The molecule has 0 amide bonds. The molecule has 20 heteroatoms. The molecule has 15 atom stereocenters. The number of aromatic hydroxyl groups is 3. The van der Waals surface area contributed by atoms with Crippen LogP contribution in [0.3, 0.4) is 0 Å². The normalized spacial score (nSPS) is 37.3. The van der Waals surface area contributed by atoms with Gasteiger partial charge in [-0.25, -0.2) is 0 Å². The quantitative estimate of drug-likeness (QED) is 0.107. The Labute approximate surface area is 305 Å². The lowest BCUT2D eigenvalue weighted by Crippen LogP contribution is -2.65. The molecule has 0 saturated carbocycles. The van der Waals surface area contributed by atoms with Crippen LogP contribution in [0.2, 0.25) is 0 Å². The van der Waals surface area contributed by atoms with E-state index in [0.717, 1.165) is 12.1 Å². The first-order valence-electron chi connectivity index (χ1n) is 16.8. The Hall–Kier alpha value is -3.87. The van der Waals surface area contributed by atoms with Crippen molar-refractivity contribution in [1.82, 2.24) is 0 Å². The average molecular weight is 771 g/mol. The van der Waals surface area contributed by atoms with Crippen molar-refractivity contribution in [3.05, 3.63) is 40.6 Å². The third-order valence-corrected chi connectivity index (χ3v) is 9.57. The van der Waals surface area contributed by atoms with Gasteiger partial charge in [-0.1, -0.05) is 0 Å².